The molecule has 0 saturated heterocycles. The molecule has 3 aromatic rings. The first-order chi connectivity index (χ1) is 16.4. The molecule has 0 aromatic heterocycles. The molecule has 0 unspecified atom stereocenters. The summed E-state index contributed by atoms with van der Waals surface area (Å²) in [5, 5.41) is 0. The average Bonchev–Trinajstić information content (AvgIpc) is 3.10. The van der Waals surface area contributed by atoms with E-state index in [2.05, 4.69) is 0 Å². The van der Waals surface area contributed by atoms with E-state index in [9.17, 15) is 9.59 Å². The molecule has 4 rings (SSSR count). The average molecular weight is 455 g/mol. The van der Waals surface area contributed by atoms with Crippen LogP contribution in [0.3, 0.4) is 0 Å². The van der Waals surface area contributed by atoms with E-state index in [1.165, 1.54) is 4.90 Å². The van der Waals surface area contributed by atoms with E-state index in [1.807, 2.05) is 87.2 Å². The van der Waals surface area contributed by atoms with Gasteiger partial charge >= 0.3 is 0 Å². The molecule has 34 heavy (non-hydrogen) atoms. The fourth-order valence-corrected chi connectivity index (χ4v) is 4.23. The predicted octanol–water partition coefficient (Wildman–Crippen LogP) is 5.51. The van der Waals surface area contributed by atoms with Crippen LogP contribution in [0, 0.1) is 13.8 Å². The molecule has 0 spiro atoms. The number of amides is 2. The van der Waals surface area contributed by atoms with Gasteiger partial charge in [0.05, 0.1) is 17.9 Å². The van der Waals surface area contributed by atoms with Crippen LogP contribution in [-0.2, 0) is 16.1 Å². The number of likely N-dealkylation sites (N-methyl/N-ethyl adjacent to an activating group) is 1. The minimum Gasteiger partial charge on any atom is -0.494 e. The summed E-state index contributed by atoms with van der Waals surface area (Å²) in [5.41, 5.74) is 5.43. The molecule has 1 heterocycles. The lowest BCUT2D eigenvalue weighted by Gasteiger charge is -2.25. The summed E-state index contributed by atoms with van der Waals surface area (Å²) in [5.74, 6) is -0.00788. The third-order valence-electron chi connectivity index (χ3n) is 6.16. The van der Waals surface area contributed by atoms with Gasteiger partial charge in [-0.2, -0.15) is 0 Å². The second-order valence-corrected chi connectivity index (χ2v) is 8.40. The number of carbonyl (C=O) groups is 2. The maximum atomic E-state index is 13.9. The highest BCUT2D eigenvalue weighted by Crippen LogP contribution is 2.36. The molecule has 5 nitrogen and oxygen atoms in total. The second kappa shape index (κ2) is 9.96. The van der Waals surface area contributed by atoms with Crippen molar-refractivity contribution in [2.75, 3.05) is 18.1 Å². The van der Waals surface area contributed by atoms with Gasteiger partial charge in [0.2, 0.25) is 0 Å². The van der Waals surface area contributed by atoms with E-state index in [0.717, 1.165) is 22.3 Å². The number of hydrogen-bond donors (Lipinski definition) is 0. The van der Waals surface area contributed by atoms with Crippen LogP contribution in [0.1, 0.15) is 36.1 Å². The number of ether oxygens (including phenoxy) is 1. The van der Waals surface area contributed by atoms with E-state index in [0.29, 0.717) is 42.4 Å². The van der Waals surface area contributed by atoms with Gasteiger partial charge in [0.1, 0.15) is 11.4 Å². The van der Waals surface area contributed by atoms with Crippen molar-refractivity contribution in [2.24, 2.45) is 0 Å². The van der Waals surface area contributed by atoms with Gasteiger partial charge in [0.25, 0.3) is 11.8 Å². The van der Waals surface area contributed by atoms with Crippen molar-refractivity contribution in [1.29, 1.82) is 0 Å². The molecule has 0 fully saturated rings. The van der Waals surface area contributed by atoms with Crippen LogP contribution in [-0.4, -0.2) is 29.9 Å². The Hall–Kier alpha value is -3.86. The molecule has 5 heteroatoms. The fraction of sp³-hybridized carbons (Fsp3) is 0.241. The summed E-state index contributed by atoms with van der Waals surface area (Å²) >= 11 is 0. The lowest BCUT2D eigenvalue weighted by Crippen LogP contribution is -2.35. The van der Waals surface area contributed by atoms with E-state index in [1.54, 1.807) is 18.2 Å². The van der Waals surface area contributed by atoms with Gasteiger partial charge in [-0.3, -0.25) is 9.59 Å². The number of benzene rings is 3. The van der Waals surface area contributed by atoms with Crippen LogP contribution in [0.5, 0.6) is 5.75 Å². The number of imide groups is 1. The van der Waals surface area contributed by atoms with Crippen molar-refractivity contribution in [3.05, 3.63) is 101 Å². The number of nitrogens with zero attached hydrogens (tertiary/aromatic N) is 2. The van der Waals surface area contributed by atoms with Crippen LogP contribution >= 0.6 is 0 Å². The van der Waals surface area contributed by atoms with Gasteiger partial charge in [-0.25, -0.2) is 4.90 Å². The third kappa shape index (κ3) is 4.46. The van der Waals surface area contributed by atoms with Crippen LogP contribution in [0.4, 0.5) is 5.69 Å². The van der Waals surface area contributed by atoms with Crippen LogP contribution in [0.25, 0.3) is 5.57 Å². The Bertz CT molecular complexity index is 1250. The summed E-state index contributed by atoms with van der Waals surface area (Å²) in [6.07, 6.45) is 0. The van der Waals surface area contributed by atoms with E-state index < -0.39 is 0 Å². The molecule has 0 atom stereocenters. The molecule has 0 radical (unpaired) electrons. The first kappa shape index (κ1) is 23.3. The zero-order valence-corrected chi connectivity index (χ0v) is 20.2. The van der Waals surface area contributed by atoms with Crippen molar-refractivity contribution < 1.29 is 14.3 Å². The topological polar surface area (TPSA) is 49.9 Å². The van der Waals surface area contributed by atoms with Gasteiger partial charge in [-0.05, 0) is 62.1 Å². The Morgan fingerprint density at radius 2 is 1.59 bits per heavy atom. The molecular weight excluding hydrogens is 424 g/mol. The van der Waals surface area contributed by atoms with Gasteiger partial charge < -0.3 is 9.64 Å². The molecule has 2 amide bonds. The molecule has 0 saturated carbocycles. The minimum absolute atomic E-state index is 0.315. The Morgan fingerprint density at radius 1 is 0.824 bits per heavy atom. The summed E-state index contributed by atoms with van der Waals surface area (Å²) in [6, 6.07) is 23.1. The SMILES string of the molecule is CCOc1cccc(N2C(=O)C(c3ccc(C)c(C)c3)=C(N(CC)Cc3ccccc3)C2=O)c1. The quantitative estimate of drug-likeness (QED) is 0.421. The molecule has 1 aliphatic heterocycles. The van der Waals surface area contributed by atoms with Crippen molar-refractivity contribution in [2.45, 2.75) is 34.2 Å². The Morgan fingerprint density at radius 3 is 2.26 bits per heavy atom. The van der Waals surface area contributed by atoms with Gasteiger partial charge in [-0.1, -0.05) is 54.6 Å². The summed E-state index contributed by atoms with van der Waals surface area (Å²) < 4.78 is 5.62. The van der Waals surface area contributed by atoms with Gasteiger partial charge in [0, 0.05) is 19.2 Å². The van der Waals surface area contributed by atoms with Crippen LogP contribution in [0.15, 0.2) is 78.5 Å². The number of hydrogen-bond acceptors (Lipinski definition) is 4. The molecule has 174 valence electrons. The predicted molar refractivity (Wildman–Crippen MR) is 135 cm³/mol. The van der Waals surface area contributed by atoms with E-state index >= 15 is 0 Å². The van der Waals surface area contributed by atoms with E-state index in [4.69, 9.17) is 4.74 Å². The number of anilines is 1. The lowest BCUT2D eigenvalue weighted by molar-refractivity contribution is -0.120. The lowest BCUT2D eigenvalue weighted by atomic mass is 9.99. The van der Waals surface area contributed by atoms with Crippen LogP contribution < -0.4 is 9.64 Å². The molecule has 0 bridgehead atoms. The second-order valence-electron chi connectivity index (χ2n) is 8.40. The summed E-state index contributed by atoms with van der Waals surface area (Å²) in [6.45, 7) is 9.59. The fourth-order valence-electron chi connectivity index (χ4n) is 4.23. The minimum atomic E-state index is -0.316. The normalized spacial score (nSPS) is 13.6. The van der Waals surface area contributed by atoms with Crippen molar-refractivity contribution in [3.8, 4) is 5.75 Å². The van der Waals surface area contributed by atoms with E-state index in [-0.39, 0.29) is 11.8 Å². The largest absolute Gasteiger partial charge is 0.494 e. The third-order valence-corrected chi connectivity index (χ3v) is 6.16. The Balaban J connectivity index is 1.83. The van der Waals surface area contributed by atoms with Crippen molar-refractivity contribution in [1.82, 2.24) is 4.90 Å². The van der Waals surface area contributed by atoms with Crippen molar-refractivity contribution >= 4 is 23.1 Å². The zero-order valence-electron chi connectivity index (χ0n) is 20.2. The smallest absolute Gasteiger partial charge is 0.282 e. The van der Waals surface area contributed by atoms with Crippen LogP contribution in [0.2, 0.25) is 0 Å². The molecule has 0 aliphatic carbocycles. The first-order valence-corrected chi connectivity index (χ1v) is 11.7. The Labute approximate surface area is 201 Å². The zero-order chi connectivity index (χ0) is 24.2. The molecule has 1 aliphatic rings. The maximum Gasteiger partial charge on any atom is 0.282 e. The number of rotatable bonds is 8. The number of carbonyl (C=O) groups excluding carboxylic acids is 2. The summed E-state index contributed by atoms with van der Waals surface area (Å²) in [7, 11) is 0. The molecule has 3 aromatic carbocycles. The molecular formula is C29H30N2O3. The standard InChI is InChI=1S/C29H30N2O3/c1-5-30(19-22-11-8-7-9-12-22)27-26(23-16-15-20(3)21(4)17-23)28(32)31(29(27)33)24-13-10-14-25(18-24)34-6-2/h7-18H,5-6,19H2,1-4H3. The maximum absolute atomic E-state index is 13.9. The highest BCUT2D eigenvalue weighted by atomic mass is 16.5. The highest BCUT2D eigenvalue weighted by Gasteiger charge is 2.42. The van der Waals surface area contributed by atoms with Crippen molar-refractivity contribution in [3.63, 3.8) is 0 Å². The Kier molecular flexibility index (Phi) is 6.82. The monoisotopic (exact) mass is 454 g/mol. The first-order valence-electron chi connectivity index (χ1n) is 11.7. The van der Waals surface area contributed by atoms with Gasteiger partial charge in [0.15, 0.2) is 0 Å². The summed E-state index contributed by atoms with van der Waals surface area (Å²) in [4.78, 5) is 31.0. The highest BCUT2D eigenvalue weighted by molar-refractivity contribution is 6.45. The molecule has 0 N–H and O–H groups in total. The van der Waals surface area contributed by atoms with Gasteiger partial charge in [-0.15, -0.1) is 0 Å². The number of aryl methyl sites for hydroxylation is 2.